The first-order valence-corrected chi connectivity index (χ1v) is 13.3. The summed E-state index contributed by atoms with van der Waals surface area (Å²) in [6.45, 7) is 6.70. The number of aliphatic imine (C=N–C) groups is 1. The monoisotopic (exact) mass is 563 g/mol. The lowest BCUT2D eigenvalue weighted by atomic mass is 10.1. The second kappa shape index (κ2) is 9.69. The van der Waals surface area contributed by atoms with Gasteiger partial charge in [0.05, 0.1) is 21.3 Å². The smallest absolute Gasteiger partial charge is 0.266 e. The van der Waals surface area contributed by atoms with Gasteiger partial charge in [-0.1, -0.05) is 48.0 Å². The summed E-state index contributed by atoms with van der Waals surface area (Å²) in [7, 11) is 0. The number of carbonyl (C=O) groups is 1. The van der Waals surface area contributed by atoms with E-state index in [9.17, 15) is 4.79 Å². The van der Waals surface area contributed by atoms with E-state index in [4.69, 9.17) is 16.6 Å². The Labute approximate surface area is 222 Å². The van der Waals surface area contributed by atoms with Gasteiger partial charge < -0.3 is 4.57 Å². The fourth-order valence-corrected chi connectivity index (χ4v) is 5.86. The van der Waals surface area contributed by atoms with Crippen LogP contribution in [0.1, 0.15) is 23.9 Å². The molecule has 1 fully saturated rings. The number of halogens is 2. The molecular weight excluding hydrogens is 542 g/mol. The number of amidine groups is 1. The van der Waals surface area contributed by atoms with Gasteiger partial charge in [0, 0.05) is 27.8 Å². The van der Waals surface area contributed by atoms with Crippen molar-refractivity contribution in [3.05, 3.63) is 98.1 Å². The topological polar surface area (TPSA) is 37.6 Å². The van der Waals surface area contributed by atoms with E-state index < -0.39 is 0 Å². The molecule has 0 aliphatic carbocycles. The normalized spacial score (nSPS) is 16.3. The third-order valence-electron chi connectivity index (χ3n) is 6.10. The molecule has 0 atom stereocenters. The highest BCUT2D eigenvalue weighted by atomic mass is 79.9. The predicted molar refractivity (Wildman–Crippen MR) is 152 cm³/mol. The minimum absolute atomic E-state index is 0.0329. The van der Waals surface area contributed by atoms with Gasteiger partial charge in [0.15, 0.2) is 5.17 Å². The second-order valence-corrected chi connectivity index (χ2v) is 10.6. The van der Waals surface area contributed by atoms with Crippen molar-refractivity contribution >= 4 is 72.9 Å². The molecule has 1 saturated heterocycles. The Morgan fingerprint density at radius 3 is 2.60 bits per heavy atom. The Balaban J connectivity index is 1.54. The maximum Gasteiger partial charge on any atom is 0.266 e. The molecule has 1 aliphatic heterocycles. The second-order valence-electron chi connectivity index (χ2n) is 8.31. The van der Waals surface area contributed by atoms with Crippen molar-refractivity contribution in [2.75, 3.05) is 6.54 Å². The van der Waals surface area contributed by atoms with Gasteiger partial charge in [-0.15, -0.1) is 0 Å². The Morgan fingerprint density at radius 2 is 1.83 bits per heavy atom. The molecule has 0 N–H and O–H groups in total. The number of benzene rings is 3. The molecule has 0 bridgehead atoms. The van der Waals surface area contributed by atoms with Crippen LogP contribution < -0.4 is 0 Å². The van der Waals surface area contributed by atoms with Gasteiger partial charge in [0.2, 0.25) is 0 Å². The average molecular weight is 565 g/mol. The van der Waals surface area contributed by atoms with E-state index in [1.165, 1.54) is 22.5 Å². The van der Waals surface area contributed by atoms with Crippen LogP contribution >= 0.6 is 39.3 Å². The maximum atomic E-state index is 13.2. The van der Waals surface area contributed by atoms with E-state index >= 15 is 0 Å². The highest BCUT2D eigenvalue weighted by Gasteiger charge is 2.32. The summed E-state index contributed by atoms with van der Waals surface area (Å²) in [6, 6.07) is 22.4. The van der Waals surface area contributed by atoms with Crippen LogP contribution in [0.25, 0.3) is 22.5 Å². The number of likely N-dealkylation sites (N-methyl/N-ethyl adjacent to an activating group) is 1. The van der Waals surface area contributed by atoms with Crippen molar-refractivity contribution in [1.29, 1.82) is 0 Å². The van der Waals surface area contributed by atoms with Crippen LogP contribution in [0.3, 0.4) is 0 Å². The largest absolute Gasteiger partial charge is 0.317 e. The van der Waals surface area contributed by atoms with E-state index in [2.05, 4.69) is 82.9 Å². The first kappa shape index (κ1) is 23.9. The standard InChI is InChI=1S/C28H23BrClN3OS/c1-4-32-27(34)26(35-28(32)31-21-12-13-23(29)24(30)16-21)15-20-14-17(2)33(18(20)3)25-11-7-9-19-8-5-6-10-22(19)25/h5-16H,4H2,1-3H3/b26-15-,31-28?. The van der Waals surface area contributed by atoms with Gasteiger partial charge in [-0.2, -0.15) is 0 Å². The van der Waals surface area contributed by atoms with Crippen molar-refractivity contribution in [1.82, 2.24) is 9.47 Å². The first-order valence-electron chi connectivity index (χ1n) is 11.3. The Kier molecular flexibility index (Phi) is 6.62. The highest BCUT2D eigenvalue weighted by Crippen LogP contribution is 2.36. The first-order chi connectivity index (χ1) is 16.9. The van der Waals surface area contributed by atoms with Crippen LogP contribution in [0, 0.1) is 13.8 Å². The number of amides is 1. The van der Waals surface area contributed by atoms with Crippen LogP contribution in [0.15, 0.2) is 81.1 Å². The minimum atomic E-state index is -0.0329. The predicted octanol–water partition coefficient (Wildman–Crippen LogP) is 8.29. The summed E-state index contributed by atoms with van der Waals surface area (Å²) in [5.74, 6) is -0.0329. The van der Waals surface area contributed by atoms with E-state index in [0.717, 1.165) is 27.1 Å². The molecule has 0 spiro atoms. The molecule has 1 aromatic heterocycles. The van der Waals surface area contributed by atoms with Gasteiger partial charge >= 0.3 is 0 Å². The van der Waals surface area contributed by atoms with Gasteiger partial charge in [0.1, 0.15) is 0 Å². The van der Waals surface area contributed by atoms with E-state index in [1.54, 1.807) is 11.0 Å². The number of carbonyl (C=O) groups excluding carboxylic acids is 1. The molecule has 2 heterocycles. The SMILES string of the molecule is CCN1C(=O)/C(=C/c2cc(C)n(-c3cccc4ccccc34)c2C)SC1=Nc1ccc(Br)c(Cl)c1. The zero-order valence-electron chi connectivity index (χ0n) is 19.5. The summed E-state index contributed by atoms with van der Waals surface area (Å²) < 4.78 is 3.07. The molecule has 1 amide bonds. The van der Waals surface area contributed by atoms with Crippen LogP contribution in [0.4, 0.5) is 5.69 Å². The van der Waals surface area contributed by atoms with Gasteiger partial charge in [-0.3, -0.25) is 9.69 Å². The molecule has 0 saturated carbocycles. The molecule has 4 nitrogen and oxygen atoms in total. The molecule has 4 aromatic rings. The van der Waals surface area contributed by atoms with Crippen LogP contribution in [-0.2, 0) is 4.79 Å². The van der Waals surface area contributed by atoms with Gasteiger partial charge in [-0.05, 0) is 95.8 Å². The van der Waals surface area contributed by atoms with Crippen LogP contribution in [-0.4, -0.2) is 27.1 Å². The molecule has 0 radical (unpaired) electrons. The van der Waals surface area contributed by atoms with Crippen LogP contribution in [0.2, 0.25) is 5.02 Å². The third-order valence-corrected chi connectivity index (χ3v) is 8.34. The number of hydrogen-bond donors (Lipinski definition) is 0. The van der Waals surface area contributed by atoms with Crippen molar-refractivity contribution in [2.45, 2.75) is 20.8 Å². The number of nitrogens with zero attached hydrogens (tertiary/aromatic N) is 3. The molecule has 3 aromatic carbocycles. The van der Waals surface area contributed by atoms with Gasteiger partial charge in [0.25, 0.3) is 5.91 Å². The Hall–Kier alpha value is -2.80. The summed E-state index contributed by atoms with van der Waals surface area (Å²) >= 11 is 11.0. The quantitative estimate of drug-likeness (QED) is 0.234. The highest BCUT2D eigenvalue weighted by molar-refractivity contribution is 9.10. The summed E-state index contributed by atoms with van der Waals surface area (Å²) in [5.41, 5.74) is 5.08. The molecule has 0 unspecified atom stereocenters. The zero-order valence-corrected chi connectivity index (χ0v) is 22.7. The van der Waals surface area contributed by atoms with E-state index in [-0.39, 0.29) is 5.91 Å². The number of hydrogen-bond acceptors (Lipinski definition) is 3. The fourth-order valence-electron chi connectivity index (χ4n) is 4.38. The lowest BCUT2D eigenvalue weighted by Gasteiger charge is -2.13. The third kappa shape index (κ3) is 4.46. The lowest BCUT2D eigenvalue weighted by molar-refractivity contribution is -0.122. The number of aromatic nitrogens is 1. The zero-order chi connectivity index (χ0) is 24.7. The molecule has 1 aliphatic rings. The summed E-state index contributed by atoms with van der Waals surface area (Å²) in [4.78, 5) is 20.3. The van der Waals surface area contributed by atoms with Crippen molar-refractivity contribution < 1.29 is 4.79 Å². The number of fused-ring (bicyclic) bond motifs is 1. The summed E-state index contributed by atoms with van der Waals surface area (Å²) in [6.07, 6.45) is 1.98. The van der Waals surface area contributed by atoms with E-state index in [0.29, 0.717) is 27.3 Å². The summed E-state index contributed by atoms with van der Waals surface area (Å²) in [5, 5.41) is 3.64. The number of aryl methyl sites for hydroxylation is 1. The molecular formula is C28H23BrClN3OS. The lowest BCUT2D eigenvalue weighted by Crippen LogP contribution is -2.28. The molecule has 5 rings (SSSR count). The van der Waals surface area contributed by atoms with Crippen molar-refractivity contribution in [3.8, 4) is 5.69 Å². The number of thioether (sulfide) groups is 1. The maximum absolute atomic E-state index is 13.2. The fraction of sp³-hybridized carbons (Fsp3) is 0.143. The average Bonchev–Trinajstić information content (AvgIpc) is 3.30. The molecule has 7 heteroatoms. The van der Waals surface area contributed by atoms with Crippen molar-refractivity contribution in [3.63, 3.8) is 0 Å². The van der Waals surface area contributed by atoms with Crippen LogP contribution in [0.5, 0.6) is 0 Å². The minimum Gasteiger partial charge on any atom is -0.317 e. The molecule has 176 valence electrons. The van der Waals surface area contributed by atoms with Gasteiger partial charge in [-0.25, -0.2) is 4.99 Å². The number of rotatable bonds is 4. The van der Waals surface area contributed by atoms with E-state index in [1.807, 2.05) is 25.1 Å². The Bertz CT molecular complexity index is 1530. The van der Waals surface area contributed by atoms with Crippen molar-refractivity contribution in [2.24, 2.45) is 4.99 Å². The molecule has 35 heavy (non-hydrogen) atoms. The Morgan fingerprint density at radius 1 is 1.06 bits per heavy atom.